The lowest BCUT2D eigenvalue weighted by Gasteiger charge is -2.27. The summed E-state index contributed by atoms with van der Waals surface area (Å²) in [6.45, 7) is 1.73. The Hall–Kier alpha value is -1.30. The molecule has 0 heterocycles. The summed E-state index contributed by atoms with van der Waals surface area (Å²) in [7, 11) is 0. The summed E-state index contributed by atoms with van der Waals surface area (Å²) in [6.07, 6.45) is 15.5. The van der Waals surface area contributed by atoms with Crippen molar-refractivity contribution >= 4 is 11.6 Å². The first-order valence-corrected chi connectivity index (χ1v) is 11.3. The number of Topliss-reactive ketones (excluding diaryl/α,β-unsaturated/α-hetero) is 2. The van der Waals surface area contributed by atoms with E-state index in [1.54, 1.807) is 0 Å². The van der Waals surface area contributed by atoms with E-state index in [0.29, 0.717) is 31.6 Å². The topological polar surface area (TPSA) is 94.8 Å². The van der Waals surface area contributed by atoms with E-state index in [9.17, 15) is 19.8 Å². The van der Waals surface area contributed by atoms with Crippen molar-refractivity contribution < 1.29 is 24.9 Å². The van der Waals surface area contributed by atoms with E-state index in [0.717, 1.165) is 38.5 Å². The highest BCUT2D eigenvalue weighted by Gasteiger charge is 2.43. The molecule has 0 bridgehead atoms. The number of rotatable bonds is 14. The van der Waals surface area contributed by atoms with Crippen molar-refractivity contribution in [2.75, 3.05) is 6.61 Å². The fourth-order valence-electron chi connectivity index (χ4n) is 4.39. The van der Waals surface area contributed by atoms with Gasteiger partial charge in [0.1, 0.15) is 12.4 Å². The molecule has 3 N–H and O–H groups in total. The van der Waals surface area contributed by atoms with Crippen LogP contribution in [-0.2, 0) is 9.59 Å². The monoisotopic (exact) mass is 406 g/mol. The number of hydrogen-bond acceptors (Lipinski definition) is 5. The van der Waals surface area contributed by atoms with Crippen molar-refractivity contribution in [3.8, 4) is 0 Å². The molecule has 0 aromatic rings. The predicted molar refractivity (Wildman–Crippen MR) is 113 cm³/mol. The number of aliphatic hydroxyl groups is 3. The average molecular weight is 407 g/mol. The maximum atomic E-state index is 12.3. The van der Waals surface area contributed by atoms with Crippen LogP contribution in [0.3, 0.4) is 0 Å². The zero-order chi connectivity index (χ0) is 21.3. The van der Waals surface area contributed by atoms with Crippen molar-refractivity contribution in [2.45, 2.75) is 89.3 Å². The third-order valence-corrected chi connectivity index (χ3v) is 6.42. The lowest BCUT2D eigenvalue weighted by molar-refractivity contribution is -0.122. The molecule has 2 aliphatic rings. The fourth-order valence-corrected chi connectivity index (χ4v) is 4.39. The van der Waals surface area contributed by atoms with E-state index in [-0.39, 0.29) is 29.8 Å². The second kappa shape index (κ2) is 11.8. The summed E-state index contributed by atoms with van der Waals surface area (Å²) in [5.41, 5.74) is -0.637. The van der Waals surface area contributed by atoms with Gasteiger partial charge in [-0.15, -0.1) is 0 Å². The quantitative estimate of drug-likeness (QED) is 0.303. The van der Waals surface area contributed by atoms with Crippen LogP contribution in [-0.4, -0.2) is 45.2 Å². The molecule has 0 aliphatic heterocycles. The van der Waals surface area contributed by atoms with Crippen LogP contribution in [0.25, 0.3) is 0 Å². The van der Waals surface area contributed by atoms with E-state index in [1.807, 2.05) is 24.3 Å². The second-order valence-electron chi connectivity index (χ2n) is 8.83. The molecule has 29 heavy (non-hydrogen) atoms. The van der Waals surface area contributed by atoms with Gasteiger partial charge in [-0.2, -0.15) is 0 Å². The highest BCUT2D eigenvalue weighted by molar-refractivity contribution is 5.84. The number of carbonyl (C=O) groups is 2. The molecule has 2 fully saturated rings. The minimum absolute atomic E-state index is 0.0932. The Morgan fingerprint density at radius 3 is 2.62 bits per heavy atom. The summed E-state index contributed by atoms with van der Waals surface area (Å²) in [5.74, 6) is -0.0808. The first kappa shape index (κ1) is 24.0. The maximum absolute atomic E-state index is 12.3. The van der Waals surface area contributed by atoms with Gasteiger partial charge in [-0.05, 0) is 50.9 Å². The number of carbonyl (C=O) groups excluding carboxylic acids is 2. The lowest BCUT2D eigenvalue weighted by Crippen LogP contribution is -2.30. The molecule has 0 saturated heterocycles. The summed E-state index contributed by atoms with van der Waals surface area (Å²) >= 11 is 0. The Kier molecular flexibility index (Phi) is 9.73. The number of unbranched alkanes of at least 4 members (excludes halogenated alkanes) is 2. The maximum Gasteiger partial charge on any atom is 0.158 e. The lowest BCUT2D eigenvalue weighted by atomic mass is 9.86. The van der Waals surface area contributed by atoms with Gasteiger partial charge in [0.05, 0.1) is 11.7 Å². The molecule has 5 heteroatoms. The Labute approximate surface area is 174 Å². The van der Waals surface area contributed by atoms with Crippen molar-refractivity contribution in [1.82, 2.24) is 0 Å². The Morgan fingerprint density at radius 1 is 1.21 bits per heavy atom. The molecule has 0 radical (unpaired) electrons. The molecule has 2 rings (SSSR count). The standard InChI is InChI=1S/C24H38O5/c1-2-3-14-24(29,18-12-13-18)15-8-11-21-20(22(27)16-23(21)28)10-7-5-4-6-9-19(26)17-25/h5,7-8,11,18,20-21,23,25,28-29H,2-4,6,9-10,12-17H2,1H3/t20-,21-,23-,24+/m1/s1. The van der Waals surface area contributed by atoms with E-state index in [2.05, 4.69) is 6.92 Å². The minimum atomic E-state index is -0.649. The smallest absolute Gasteiger partial charge is 0.158 e. The molecule has 164 valence electrons. The third-order valence-electron chi connectivity index (χ3n) is 6.42. The molecule has 0 amide bonds. The van der Waals surface area contributed by atoms with Crippen LogP contribution in [0.15, 0.2) is 24.3 Å². The van der Waals surface area contributed by atoms with Gasteiger partial charge in [0.25, 0.3) is 0 Å². The van der Waals surface area contributed by atoms with E-state index in [4.69, 9.17) is 5.11 Å². The molecule has 0 aromatic carbocycles. The third kappa shape index (κ3) is 7.47. The van der Waals surface area contributed by atoms with Gasteiger partial charge in [-0.25, -0.2) is 0 Å². The zero-order valence-electron chi connectivity index (χ0n) is 17.8. The summed E-state index contributed by atoms with van der Waals surface area (Å²) < 4.78 is 0. The van der Waals surface area contributed by atoms with Crippen LogP contribution in [0.5, 0.6) is 0 Å². The summed E-state index contributed by atoms with van der Waals surface area (Å²) in [5, 5.41) is 30.0. The molecular weight excluding hydrogens is 368 g/mol. The van der Waals surface area contributed by atoms with Crippen molar-refractivity contribution in [3.05, 3.63) is 24.3 Å². The molecule has 2 aliphatic carbocycles. The van der Waals surface area contributed by atoms with Crippen LogP contribution < -0.4 is 0 Å². The molecule has 0 spiro atoms. The van der Waals surface area contributed by atoms with Gasteiger partial charge in [-0.3, -0.25) is 9.59 Å². The molecular formula is C24H38O5. The molecule has 5 nitrogen and oxygen atoms in total. The van der Waals surface area contributed by atoms with Crippen LogP contribution in [0.1, 0.15) is 77.6 Å². The fraction of sp³-hybridized carbons (Fsp3) is 0.750. The predicted octanol–water partition coefficient (Wildman–Crippen LogP) is 3.51. The minimum Gasteiger partial charge on any atom is -0.392 e. The number of aliphatic hydroxyl groups excluding tert-OH is 2. The summed E-state index contributed by atoms with van der Waals surface area (Å²) in [6, 6.07) is 0. The van der Waals surface area contributed by atoms with E-state index < -0.39 is 18.3 Å². The van der Waals surface area contributed by atoms with Crippen LogP contribution in [0, 0.1) is 17.8 Å². The number of ketones is 2. The zero-order valence-corrected chi connectivity index (χ0v) is 17.8. The van der Waals surface area contributed by atoms with Crippen molar-refractivity contribution in [2.24, 2.45) is 17.8 Å². The van der Waals surface area contributed by atoms with E-state index in [1.165, 1.54) is 0 Å². The van der Waals surface area contributed by atoms with Crippen LogP contribution in [0.2, 0.25) is 0 Å². The highest BCUT2D eigenvalue weighted by Crippen LogP contribution is 2.44. The van der Waals surface area contributed by atoms with Gasteiger partial charge in [0, 0.05) is 24.7 Å². The van der Waals surface area contributed by atoms with Gasteiger partial charge in [-0.1, -0.05) is 44.1 Å². The van der Waals surface area contributed by atoms with Crippen LogP contribution >= 0.6 is 0 Å². The summed E-state index contributed by atoms with van der Waals surface area (Å²) in [4.78, 5) is 23.4. The van der Waals surface area contributed by atoms with Gasteiger partial charge in [0.2, 0.25) is 0 Å². The Morgan fingerprint density at radius 2 is 1.97 bits per heavy atom. The molecule has 0 unspecified atom stereocenters. The molecule has 0 aromatic heterocycles. The van der Waals surface area contributed by atoms with Crippen LogP contribution in [0.4, 0.5) is 0 Å². The van der Waals surface area contributed by atoms with E-state index >= 15 is 0 Å². The Balaban J connectivity index is 1.85. The SMILES string of the molecule is CCCC[C@](O)(CC=C[C@H]1[C@H](O)CC(=O)[C@@H]1CC=CCCCC(=O)CO)C1CC1. The van der Waals surface area contributed by atoms with Gasteiger partial charge < -0.3 is 15.3 Å². The first-order chi connectivity index (χ1) is 13.9. The molecule has 2 saturated carbocycles. The van der Waals surface area contributed by atoms with Gasteiger partial charge in [0.15, 0.2) is 5.78 Å². The second-order valence-corrected chi connectivity index (χ2v) is 8.83. The molecule has 4 atom stereocenters. The normalized spacial score (nSPS) is 27.2. The Bertz CT molecular complexity index is 592. The highest BCUT2D eigenvalue weighted by atomic mass is 16.3. The average Bonchev–Trinajstić information content (AvgIpc) is 3.51. The number of hydrogen-bond donors (Lipinski definition) is 3. The van der Waals surface area contributed by atoms with Crippen molar-refractivity contribution in [1.29, 1.82) is 0 Å². The first-order valence-electron chi connectivity index (χ1n) is 11.3. The largest absolute Gasteiger partial charge is 0.392 e. The van der Waals surface area contributed by atoms with Crippen molar-refractivity contribution in [3.63, 3.8) is 0 Å². The van der Waals surface area contributed by atoms with Gasteiger partial charge >= 0.3 is 0 Å². The number of allylic oxidation sites excluding steroid dienone is 2.